The molecule has 0 unspecified atom stereocenters. The number of hydrogen-bond donors (Lipinski definition) is 2. The van der Waals surface area contributed by atoms with Crippen LogP contribution in [0.2, 0.25) is 0 Å². The van der Waals surface area contributed by atoms with Crippen molar-refractivity contribution in [3.8, 4) is 11.6 Å². The van der Waals surface area contributed by atoms with Gasteiger partial charge in [0.2, 0.25) is 11.3 Å². The van der Waals surface area contributed by atoms with E-state index in [0.29, 0.717) is 11.1 Å². The number of carbonyl (C=O) groups excluding carboxylic acids is 1. The molecule has 3 aromatic carbocycles. The first-order chi connectivity index (χ1) is 19.3. The van der Waals surface area contributed by atoms with Gasteiger partial charge in [0.05, 0.1) is 12.7 Å². The lowest BCUT2D eigenvalue weighted by Crippen LogP contribution is -2.32. The van der Waals surface area contributed by atoms with E-state index in [0.717, 1.165) is 16.3 Å². The first kappa shape index (κ1) is 26.4. The van der Waals surface area contributed by atoms with Crippen molar-refractivity contribution < 1.29 is 23.4 Å². The molecule has 0 atom stereocenters. The first-order valence-corrected chi connectivity index (χ1v) is 12.3. The minimum Gasteiger partial charge on any atom is -0.493 e. The number of rotatable bonds is 8. The van der Waals surface area contributed by atoms with Crippen LogP contribution in [-0.2, 0) is 19.7 Å². The Morgan fingerprint density at radius 3 is 2.10 bits per heavy atom. The topological polar surface area (TPSA) is 102 Å². The number of halogens is 2. The zero-order chi connectivity index (χ0) is 28.2. The highest BCUT2D eigenvalue weighted by Crippen LogP contribution is 2.19. The Kier molecular flexibility index (Phi) is 7.41. The fraction of sp³-hybridized carbons (Fsp3) is 0.100. The average Bonchev–Trinajstić information content (AvgIpc) is 2.96. The molecule has 0 bridgehead atoms. The van der Waals surface area contributed by atoms with Crippen molar-refractivity contribution in [3.63, 3.8) is 0 Å². The van der Waals surface area contributed by atoms with Gasteiger partial charge >= 0.3 is 0 Å². The zero-order valence-electron chi connectivity index (χ0n) is 21.0. The van der Waals surface area contributed by atoms with Gasteiger partial charge in [-0.3, -0.25) is 19.0 Å². The molecule has 0 saturated heterocycles. The van der Waals surface area contributed by atoms with Crippen LogP contribution in [-0.4, -0.2) is 20.0 Å². The average molecular weight is 544 g/mol. The lowest BCUT2D eigenvalue weighted by molar-refractivity contribution is 0.0948. The SMILES string of the molecule is O=C(NCc1ccc(F)cc1)c1cn2cc(O)n(Cc3ccc(F)cc3)c(=O)c2c(OCc2ccccc2)c1=O. The number of fused-ring (bicyclic) bond motifs is 1. The molecule has 2 heterocycles. The molecule has 8 nitrogen and oxygen atoms in total. The molecule has 0 aliphatic heterocycles. The monoisotopic (exact) mass is 543 g/mol. The highest BCUT2D eigenvalue weighted by atomic mass is 19.1. The zero-order valence-corrected chi connectivity index (χ0v) is 21.0. The van der Waals surface area contributed by atoms with Crippen molar-refractivity contribution in [1.82, 2.24) is 14.3 Å². The van der Waals surface area contributed by atoms with E-state index >= 15 is 0 Å². The Morgan fingerprint density at radius 1 is 0.825 bits per heavy atom. The molecule has 202 valence electrons. The molecule has 2 N–H and O–H groups in total. The number of pyridine rings is 1. The summed E-state index contributed by atoms with van der Waals surface area (Å²) in [5.41, 5.74) is -0.205. The molecule has 0 spiro atoms. The minimum absolute atomic E-state index is 0.0198. The van der Waals surface area contributed by atoms with Crippen LogP contribution >= 0.6 is 0 Å². The van der Waals surface area contributed by atoms with Gasteiger partial charge in [0, 0.05) is 12.7 Å². The number of nitrogens with one attached hydrogen (secondary N) is 1. The second kappa shape index (κ2) is 11.2. The molecule has 1 amide bonds. The molecule has 40 heavy (non-hydrogen) atoms. The number of aromatic hydroxyl groups is 1. The van der Waals surface area contributed by atoms with Crippen molar-refractivity contribution in [2.45, 2.75) is 19.7 Å². The highest BCUT2D eigenvalue weighted by Gasteiger charge is 2.22. The maximum atomic E-state index is 13.6. The number of hydrogen-bond acceptors (Lipinski definition) is 5. The summed E-state index contributed by atoms with van der Waals surface area (Å²) in [7, 11) is 0. The minimum atomic E-state index is -0.816. The smallest absolute Gasteiger partial charge is 0.281 e. The van der Waals surface area contributed by atoms with Gasteiger partial charge in [-0.1, -0.05) is 54.6 Å². The predicted octanol–water partition coefficient (Wildman–Crippen LogP) is 4.00. The van der Waals surface area contributed by atoms with Gasteiger partial charge in [-0.25, -0.2) is 8.78 Å². The van der Waals surface area contributed by atoms with Crippen LogP contribution in [0.4, 0.5) is 8.78 Å². The van der Waals surface area contributed by atoms with Gasteiger partial charge < -0.3 is 19.6 Å². The number of ether oxygens (including phenoxy) is 1. The Balaban J connectivity index is 1.57. The van der Waals surface area contributed by atoms with E-state index in [1.807, 2.05) is 6.07 Å². The van der Waals surface area contributed by atoms with E-state index in [4.69, 9.17) is 4.74 Å². The lowest BCUT2D eigenvalue weighted by atomic mass is 10.2. The van der Waals surface area contributed by atoms with Gasteiger partial charge in [0.1, 0.15) is 23.8 Å². The summed E-state index contributed by atoms with van der Waals surface area (Å²) < 4.78 is 34.6. The number of aromatic nitrogens is 2. The van der Waals surface area contributed by atoms with Crippen LogP contribution in [0.25, 0.3) is 5.52 Å². The van der Waals surface area contributed by atoms with Crippen molar-refractivity contribution in [1.29, 1.82) is 0 Å². The number of carbonyl (C=O) groups is 1. The summed E-state index contributed by atoms with van der Waals surface area (Å²) in [6, 6.07) is 19.8. The molecule has 2 aromatic heterocycles. The molecular weight excluding hydrogens is 520 g/mol. The van der Waals surface area contributed by atoms with Crippen molar-refractivity contribution in [2.24, 2.45) is 0 Å². The number of amides is 1. The summed E-state index contributed by atoms with van der Waals surface area (Å²) in [4.78, 5) is 40.2. The molecule has 0 aliphatic carbocycles. The van der Waals surface area contributed by atoms with Gasteiger partial charge in [0.15, 0.2) is 11.3 Å². The van der Waals surface area contributed by atoms with E-state index in [1.54, 1.807) is 24.3 Å². The summed E-state index contributed by atoms with van der Waals surface area (Å²) >= 11 is 0. The number of nitrogens with zero attached hydrogens (tertiary/aromatic N) is 2. The second-order valence-corrected chi connectivity index (χ2v) is 9.05. The van der Waals surface area contributed by atoms with Crippen molar-refractivity contribution in [2.75, 3.05) is 0 Å². The van der Waals surface area contributed by atoms with E-state index in [-0.39, 0.29) is 36.5 Å². The first-order valence-electron chi connectivity index (χ1n) is 12.3. The quantitative estimate of drug-likeness (QED) is 0.308. The van der Waals surface area contributed by atoms with E-state index in [9.17, 15) is 28.3 Å². The number of benzene rings is 3. The largest absolute Gasteiger partial charge is 0.493 e. The standard InChI is InChI=1S/C30H23F2N3O5/c31-22-10-6-19(7-11-22)14-33-29(38)24-16-34-17-25(36)35(15-20-8-12-23(32)13-9-20)30(39)26(34)28(27(24)37)40-18-21-4-2-1-3-5-21/h1-13,16-17,36H,14-15,18H2,(H,33,38). The van der Waals surface area contributed by atoms with Gasteiger partial charge in [-0.2, -0.15) is 0 Å². The van der Waals surface area contributed by atoms with E-state index < -0.39 is 34.4 Å². The van der Waals surface area contributed by atoms with Crippen molar-refractivity contribution >= 4 is 11.4 Å². The maximum absolute atomic E-state index is 13.6. The van der Waals surface area contributed by atoms with E-state index in [1.165, 1.54) is 59.1 Å². The van der Waals surface area contributed by atoms with Crippen LogP contribution in [0, 0.1) is 11.6 Å². The van der Waals surface area contributed by atoms with E-state index in [2.05, 4.69) is 5.32 Å². The lowest BCUT2D eigenvalue weighted by Gasteiger charge is -2.15. The Morgan fingerprint density at radius 2 is 1.45 bits per heavy atom. The molecule has 10 heteroatoms. The third-order valence-electron chi connectivity index (χ3n) is 6.26. The van der Waals surface area contributed by atoms with Gasteiger partial charge in [0.25, 0.3) is 11.5 Å². The molecule has 0 radical (unpaired) electrons. The third kappa shape index (κ3) is 5.60. The molecule has 5 aromatic rings. The van der Waals surface area contributed by atoms with Crippen molar-refractivity contribution in [3.05, 3.63) is 146 Å². The Labute approximate surface area is 226 Å². The third-order valence-corrected chi connectivity index (χ3v) is 6.26. The van der Waals surface area contributed by atoms with Crippen LogP contribution in [0.5, 0.6) is 11.6 Å². The van der Waals surface area contributed by atoms with Crippen LogP contribution in [0.15, 0.2) is 101 Å². The molecular formula is C30H23F2N3O5. The maximum Gasteiger partial charge on any atom is 0.281 e. The normalized spacial score (nSPS) is 10.9. The fourth-order valence-electron chi connectivity index (χ4n) is 4.18. The fourth-order valence-corrected chi connectivity index (χ4v) is 4.18. The van der Waals surface area contributed by atoms with Crippen LogP contribution in [0.3, 0.4) is 0 Å². The molecule has 0 saturated carbocycles. The molecule has 0 fully saturated rings. The summed E-state index contributed by atoms with van der Waals surface area (Å²) in [5, 5.41) is 13.3. The Bertz CT molecular complexity index is 1800. The summed E-state index contributed by atoms with van der Waals surface area (Å²) in [5.74, 6) is -2.43. The second-order valence-electron chi connectivity index (χ2n) is 9.05. The van der Waals surface area contributed by atoms with Gasteiger partial charge in [-0.15, -0.1) is 0 Å². The van der Waals surface area contributed by atoms with Crippen LogP contribution in [0.1, 0.15) is 27.0 Å². The van der Waals surface area contributed by atoms with Gasteiger partial charge in [-0.05, 0) is 41.0 Å². The summed E-state index contributed by atoms with van der Waals surface area (Å²) in [6.07, 6.45) is 2.34. The Hall–Kier alpha value is -5.25. The van der Waals surface area contributed by atoms with Crippen LogP contribution < -0.4 is 21.0 Å². The molecule has 5 rings (SSSR count). The highest BCUT2D eigenvalue weighted by molar-refractivity contribution is 5.95. The molecule has 0 aliphatic rings. The predicted molar refractivity (Wildman–Crippen MR) is 143 cm³/mol. The summed E-state index contributed by atoms with van der Waals surface area (Å²) in [6.45, 7) is -0.148.